The Kier molecular flexibility index (Phi) is 3.05. The third-order valence-electron chi connectivity index (χ3n) is 2.97. The Morgan fingerprint density at radius 1 is 1.47 bits per heavy atom. The molecule has 2 rings (SSSR count). The lowest BCUT2D eigenvalue weighted by atomic mass is 9.86. The van der Waals surface area contributed by atoms with Gasteiger partial charge in [-0.1, -0.05) is 25.1 Å². The molecule has 0 spiro atoms. The smallest absolute Gasteiger partial charge is 0.140 e. The molecule has 1 heterocycles. The van der Waals surface area contributed by atoms with Gasteiger partial charge in [-0.25, -0.2) is 0 Å². The lowest BCUT2D eigenvalue weighted by Crippen LogP contribution is -2.22. The summed E-state index contributed by atoms with van der Waals surface area (Å²) in [6, 6.07) is 8.15. The number of para-hydroxylation sites is 1. The zero-order valence-electron chi connectivity index (χ0n) is 9.12. The van der Waals surface area contributed by atoms with E-state index in [1.807, 2.05) is 12.1 Å². The van der Waals surface area contributed by atoms with E-state index in [1.165, 1.54) is 5.56 Å². The van der Waals surface area contributed by atoms with Crippen LogP contribution in [0.1, 0.15) is 37.7 Å². The van der Waals surface area contributed by atoms with Crippen molar-refractivity contribution in [3.8, 4) is 0 Å². The number of carbonyl (C=O) groups is 1. The van der Waals surface area contributed by atoms with Crippen LogP contribution in [0.5, 0.6) is 0 Å². The molecule has 80 valence electrons. The molecule has 0 radical (unpaired) electrons. The van der Waals surface area contributed by atoms with Gasteiger partial charge in [0, 0.05) is 24.6 Å². The van der Waals surface area contributed by atoms with Crippen molar-refractivity contribution in [3.63, 3.8) is 0 Å². The lowest BCUT2D eigenvalue weighted by molar-refractivity contribution is -0.120. The average Bonchev–Trinajstić information content (AvgIpc) is 2.28. The monoisotopic (exact) mass is 203 g/mol. The van der Waals surface area contributed by atoms with Gasteiger partial charge in [0.05, 0.1) is 0 Å². The Morgan fingerprint density at radius 2 is 2.27 bits per heavy atom. The van der Waals surface area contributed by atoms with Gasteiger partial charge >= 0.3 is 0 Å². The maximum absolute atomic E-state index is 11.9. The Bertz CT molecular complexity index is 359. The van der Waals surface area contributed by atoms with E-state index >= 15 is 0 Å². The number of fused-ring (bicyclic) bond motifs is 1. The average molecular weight is 203 g/mol. The summed E-state index contributed by atoms with van der Waals surface area (Å²) in [4.78, 5) is 11.9. The van der Waals surface area contributed by atoms with Crippen LogP contribution in [0.15, 0.2) is 24.3 Å². The van der Waals surface area contributed by atoms with Crippen LogP contribution in [0.3, 0.4) is 0 Å². The number of nitrogens with one attached hydrogen (secondary N) is 1. The summed E-state index contributed by atoms with van der Waals surface area (Å²) in [7, 11) is 0. The molecule has 0 saturated carbocycles. The quantitative estimate of drug-likeness (QED) is 0.818. The van der Waals surface area contributed by atoms with Gasteiger partial charge in [-0.15, -0.1) is 0 Å². The predicted molar refractivity (Wildman–Crippen MR) is 62.2 cm³/mol. The van der Waals surface area contributed by atoms with Gasteiger partial charge in [-0.3, -0.25) is 4.79 Å². The molecule has 1 N–H and O–H groups in total. The van der Waals surface area contributed by atoms with Crippen molar-refractivity contribution >= 4 is 11.5 Å². The van der Waals surface area contributed by atoms with Gasteiger partial charge in [0.1, 0.15) is 5.78 Å². The number of rotatable bonds is 3. The van der Waals surface area contributed by atoms with E-state index in [0.717, 1.165) is 25.1 Å². The zero-order chi connectivity index (χ0) is 10.7. The van der Waals surface area contributed by atoms with E-state index < -0.39 is 0 Å². The molecule has 1 aromatic rings. The number of ketones is 1. The fourth-order valence-electron chi connectivity index (χ4n) is 2.22. The summed E-state index contributed by atoms with van der Waals surface area (Å²) in [5.41, 5.74) is 2.32. The summed E-state index contributed by atoms with van der Waals surface area (Å²) in [6.07, 6.45) is 2.60. The van der Waals surface area contributed by atoms with Crippen LogP contribution in [-0.2, 0) is 4.79 Å². The fraction of sp³-hybridized carbons (Fsp3) is 0.462. The number of hydrogen-bond donors (Lipinski definition) is 1. The largest absolute Gasteiger partial charge is 0.385 e. The molecule has 1 unspecified atom stereocenters. The maximum Gasteiger partial charge on any atom is 0.140 e. The van der Waals surface area contributed by atoms with Crippen molar-refractivity contribution in [1.82, 2.24) is 0 Å². The van der Waals surface area contributed by atoms with Crippen molar-refractivity contribution in [2.24, 2.45) is 0 Å². The van der Waals surface area contributed by atoms with E-state index in [4.69, 9.17) is 0 Å². The molecule has 2 nitrogen and oxygen atoms in total. The number of carbonyl (C=O) groups excluding carboxylic acids is 1. The van der Waals surface area contributed by atoms with Crippen LogP contribution < -0.4 is 5.32 Å². The minimum Gasteiger partial charge on any atom is -0.385 e. The Hall–Kier alpha value is -1.31. The molecule has 1 aromatic carbocycles. The molecular formula is C13H17NO. The highest BCUT2D eigenvalue weighted by Crippen LogP contribution is 2.32. The molecule has 2 heteroatoms. The summed E-state index contributed by atoms with van der Waals surface area (Å²) in [6.45, 7) is 2.97. The summed E-state index contributed by atoms with van der Waals surface area (Å²) in [5, 5.41) is 3.34. The topological polar surface area (TPSA) is 29.1 Å². The molecule has 1 aliphatic rings. The van der Waals surface area contributed by atoms with E-state index in [2.05, 4.69) is 24.4 Å². The van der Waals surface area contributed by atoms with Crippen molar-refractivity contribution < 1.29 is 4.79 Å². The molecular weight excluding hydrogens is 186 g/mol. The highest BCUT2D eigenvalue weighted by molar-refractivity contribution is 5.88. The van der Waals surface area contributed by atoms with Crippen LogP contribution in [-0.4, -0.2) is 12.3 Å². The molecule has 15 heavy (non-hydrogen) atoms. The first kappa shape index (κ1) is 10.2. The second-order valence-electron chi connectivity index (χ2n) is 4.07. The molecule has 0 aliphatic carbocycles. The summed E-state index contributed by atoms with van der Waals surface area (Å²) in [5.74, 6) is 0.522. The number of benzene rings is 1. The van der Waals surface area contributed by atoms with Crippen molar-refractivity contribution in [2.45, 2.75) is 32.1 Å². The van der Waals surface area contributed by atoms with Gasteiger partial charge in [0.2, 0.25) is 0 Å². The van der Waals surface area contributed by atoms with E-state index in [-0.39, 0.29) is 5.92 Å². The fourth-order valence-corrected chi connectivity index (χ4v) is 2.22. The van der Waals surface area contributed by atoms with Crippen molar-refractivity contribution in [1.29, 1.82) is 0 Å². The van der Waals surface area contributed by atoms with Gasteiger partial charge in [0.15, 0.2) is 0 Å². The molecule has 0 amide bonds. The first-order valence-electron chi connectivity index (χ1n) is 5.68. The highest BCUT2D eigenvalue weighted by atomic mass is 16.1. The van der Waals surface area contributed by atoms with Crippen LogP contribution in [0.4, 0.5) is 5.69 Å². The number of anilines is 1. The zero-order valence-corrected chi connectivity index (χ0v) is 9.12. The molecule has 1 atom stereocenters. The second-order valence-corrected chi connectivity index (χ2v) is 4.07. The van der Waals surface area contributed by atoms with Crippen molar-refractivity contribution in [3.05, 3.63) is 29.8 Å². The molecule has 1 aliphatic heterocycles. The molecule has 0 saturated heterocycles. The van der Waals surface area contributed by atoms with Crippen LogP contribution in [0.2, 0.25) is 0 Å². The molecule has 0 bridgehead atoms. The second kappa shape index (κ2) is 4.47. The van der Waals surface area contributed by atoms with Gasteiger partial charge in [-0.05, 0) is 24.5 Å². The van der Waals surface area contributed by atoms with E-state index in [9.17, 15) is 4.79 Å². The van der Waals surface area contributed by atoms with Gasteiger partial charge < -0.3 is 5.32 Å². The Balaban J connectivity index is 2.25. The number of Topliss-reactive ketones (excluding diaryl/α,β-unsaturated/α-hetero) is 1. The summed E-state index contributed by atoms with van der Waals surface area (Å²) < 4.78 is 0. The Morgan fingerprint density at radius 3 is 3.07 bits per heavy atom. The third-order valence-corrected chi connectivity index (χ3v) is 2.97. The lowest BCUT2D eigenvalue weighted by Gasteiger charge is -2.25. The van der Waals surface area contributed by atoms with Crippen LogP contribution in [0, 0.1) is 0 Å². The van der Waals surface area contributed by atoms with E-state index in [0.29, 0.717) is 12.2 Å². The van der Waals surface area contributed by atoms with E-state index in [1.54, 1.807) is 0 Å². The standard InChI is InChI=1S/C13H17NO/c1-2-5-13(15)11-8-9-14-12-7-4-3-6-10(11)12/h3-4,6-7,11,14H,2,5,8-9H2,1H3. The van der Waals surface area contributed by atoms with Gasteiger partial charge in [-0.2, -0.15) is 0 Å². The molecule has 0 aromatic heterocycles. The first-order valence-corrected chi connectivity index (χ1v) is 5.68. The SMILES string of the molecule is CCCC(=O)C1CCNc2ccccc21. The van der Waals surface area contributed by atoms with Crippen LogP contribution in [0.25, 0.3) is 0 Å². The number of hydrogen-bond acceptors (Lipinski definition) is 2. The highest BCUT2D eigenvalue weighted by Gasteiger charge is 2.24. The Labute approximate surface area is 90.7 Å². The van der Waals surface area contributed by atoms with Gasteiger partial charge in [0.25, 0.3) is 0 Å². The predicted octanol–water partition coefficient (Wildman–Crippen LogP) is 2.96. The summed E-state index contributed by atoms with van der Waals surface area (Å²) >= 11 is 0. The first-order chi connectivity index (χ1) is 7.33. The maximum atomic E-state index is 11.9. The third kappa shape index (κ3) is 2.04. The van der Waals surface area contributed by atoms with Crippen molar-refractivity contribution in [2.75, 3.05) is 11.9 Å². The van der Waals surface area contributed by atoms with Crippen LogP contribution >= 0.6 is 0 Å². The normalized spacial score (nSPS) is 19.1. The molecule has 0 fully saturated rings. The minimum absolute atomic E-state index is 0.127. The minimum atomic E-state index is 0.127.